The maximum atomic E-state index is 11.0. The molecule has 6 N–H and O–H groups in total. The van der Waals surface area contributed by atoms with Gasteiger partial charge >= 0.3 is 0 Å². The van der Waals surface area contributed by atoms with Crippen LogP contribution in [0.4, 0.5) is 0 Å². The average molecular weight is 568 g/mol. The Morgan fingerprint density at radius 1 is 0.816 bits per heavy atom. The lowest BCUT2D eigenvalue weighted by Crippen LogP contribution is -2.15. The predicted octanol–water partition coefficient (Wildman–Crippen LogP) is 2.96. The Kier molecular flexibility index (Phi) is 12.3. The molecule has 0 aliphatic rings. The summed E-state index contributed by atoms with van der Waals surface area (Å²) in [5.41, 5.74) is 6.54. The number of hydrogen-bond acceptors (Lipinski definition) is 9. The lowest BCUT2D eigenvalue weighted by Gasteiger charge is -2.05. The standard InChI is InChI=1S/C8H8ClNO3.C8H6ClNO2.C8H9NO4/c9-4-6-1-2-8(7(12)3-6)13-10-5-11;9-4-5-1-2-6-7(3-5)12-10-8(6)11;10-4-6-1-2-8(7(12)3-6)13-9-5-11/h1-3,5,12H,4H2,(H,10,11);1-3H,4H2,(H,10,11);1-3,5,10,12H,4H2,(H,9,11). The number of alkyl halides is 2. The van der Waals surface area contributed by atoms with Gasteiger partial charge in [0.25, 0.3) is 5.56 Å². The second kappa shape index (κ2) is 15.7. The molecule has 0 aliphatic heterocycles. The molecule has 4 rings (SSSR count). The molecule has 0 bridgehead atoms. The summed E-state index contributed by atoms with van der Waals surface area (Å²) in [6.07, 6.45) is 0.717. The van der Waals surface area contributed by atoms with Gasteiger partial charge in [-0.2, -0.15) is 16.1 Å². The largest absolute Gasteiger partial charge is 0.504 e. The minimum absolute atomic E-state index is 0.0625. The highest BCUT2D eigenvalue weighted by Crippen LogP contribution is 2.27. The molecule has 38 heavy (non-hydrogen) atoms. The van der Waals surface area contributed by atoms with Crippen LogP contribution in [-0.4, -0.2) is 33.3 Å². The van der Waals surface area contributed by atoms with Crippen LogP contribution in [0.25, 0.3) is 11.0 Å². The number of aliphatic hydroxyl groups excluding tert-OH is 1. The molecule has 0 unspecified atom stereocenters. The van der Waals surface area contributed by atoms with E-state index in [0.717, 1.165) is 11.1 Å². The number of hydroxylamine groups is 2. The van der Waals surface area contributed by atoms with Crippen molar-refractivity contribution in [3.05, 3.63) is 81.6 Å². The number of carbonyl (C=O) groups excluding carboxylic acids is 2. The van der Waals surface area contributed by atoms with E-state index in [1.807, 2.05) is 11.0 Å². The lowest BCUT2D eigenvalue weighted by atomic mass is 10.2. The van der Waals surface area contributed by atoms with Gasteiger partial charge in [-0.05, 0) is 53.1 Å². The number of fused-ring (bicyclic) bond motifs is 1. The van der Waals surface area contributed by atoms with Crippen molar-refractivity contribution in [2.75, 3.05) is 0 Å². The van der Waals surface area contributed by atoms with Crippen molar-refractivity contribution in [2.45, 2.75) is 18.4 Å². The third-order valence-electron chi connectivity index (χ3n) is 4.52. The monoisotopic (exact) mass is 567 g/mol. The van der Waals surface area contributed by atoms with Crippen LogP contribution in [-0.2, 0) is 28.0 Å². The number of nitrogens with one attached hydrogen (secondary N) is 3. The summed E-state index contributed by atoms with van der Waals surface area (Å²) in [5.74, 6) is 0.846. The van der Waals surface area contributed by atoms with Crippen LogP contribution < -0.4 is 26.2 Å². The molecule has 14 heteroatoms. The number of aromatic amines is 1. The van der Waals surface area contributed by atoms with Crippen LogP contribution in [0.2, 0.25) is 0 Å². The van der Waals surface area contributed by atoms with E-state index in [4.69, 9.17) is 32.8 Å². The number of aromatic hydroxyl groups is 2. The Bertz CT molecular complexity index is 1330. The summed E-state index contributed by atoms with van der Waals surface area (Å²) in [7, 11) is 0. The van der Waals surface area contributed by atoms with Gasteiger partial charge in [-0.1, -0.05) is 18.2 Å². The van der Waals surface area contributed by atoms with E-state index in [2.05, 4.69) is 14.8 Å². The minimum atomic E-state index is -0.203. The number of hydrogen-bond donors (Lipinski definition) is 6. The zero-order chi connectivity index (χ0) is 27.9. The zero-order valence-electron chi connectivity index (χ0n) is 19.5. The minimum Gasteiger partial charge on any atom is -0.504 e. The number of aromatic nitrogens is 1. The van der Waals surface area contributed by atoms with Crippen molar-refractivity contribution in [3.8, 4) is 23.0 Å². The quantitative estimate of drug-likeness (QED) is 0.100. The summed E-state index contributed by atoms with van der Waals surface area (Å²) >= 11 is 11.1. The van der Waals surface area contributed by atoms with Gasteiger partial charge in [0.15, 0.2) is 28.6 Å². The second-order valence-electron chi connectivity index (χ2n) is 7.07. The van der Waals surface area contributed by atoms with Crippen molar-refractivity contribution in [3.63, 3.8) is 0 Å². The molecule has 0 aliphatic carbocycles. The van der Waals surface area contributed by atoms with Gasteiger partial charge in [-0.15, -0.1) is 23.2 Å². The second-order valence-corrected chi connectivity index (χ2v) is 7.60. The number of phenolic OH excluding ortho intramolecular Hbond substituents is 2. The summed E-state index contributed by atoms with van der Waals surface area (Å²) in [4.78, 5) is 40.0. The van der Waals surface area contributed by atoms with E-state index in [1.165, 1.54) is 24.3 Å². The normalized spacial score (nSPS) is 9.76. The molecular formula is C24H23Cl2N3O9. The first-order chi connectivity index (χ1) is 18.4. The van der Waals surface area contributed by atoms with Gasteiger partial charge in [0.1, 0.15) is 0 Å². The number of halogens is 2. The first-order valence-electron chi connectivity index (χ1n) is 10.6. The number of rotatable bonds is 9. The Hall–Kier alpha value is -4.39. The Labute approximate surface area is 225 Å². The fourth-order valence-electron chi connectivity index (χ4n) is 2.73. The van der Waals surface area contributed by atoms with Crippen molar-refractivity contribution in [2.24, 2.45) is 0 Å². The molecule has 1 aromatic heterocycles. The molecule has 3 aromatic carbocycles. The molecular weight excluding hydrogens is 545 g/mol. The Balaban J connectivity index is 0.000000200. The van der Waals surface area contributed by atoms with Gasteiger partial charge in [-0.25, -0.2) is 0 Å². The summed E-state index contributed by atoms with van der Waals surface area (Å²) in [6.45, 7) is -0.158. The molecule has 0 spiro atoms. The highest BCUT2D eigenvalue weighted by atomic mass is 35.5. The van der Waals surface area contributed by atoms with E-state index >= 15 is 0 Å². The Morgan fingerprint density at radius 3 is 1.82 bits per heavy atom. The lowest BCUT2D eigenvalue weighted by molar-refractivity contribution is -0.115. The van der Waals surface area contributed by atoms with Crippen LogP contribution in [0.3, 0.4) is 0 Å². The summed E-state index contributed by atoms with van der Waals surface area (Å²) < 4.78 is 4.90. The van der Waals surface area contributed by atoms with Crippen LogP contribution in [0, 0.1) is 0 Å². The number of phenols is 2. The van der Waals surface area contributed by atoms with Crippen molar-refractivity contribution in [1.29, 1.82) is 0 Å². The molecule has 0 fully saturated rings. The first kappa shape index (κ1) is 29.8. The third kappa shape index (κ3) is 8.92. The molecule has 0 saturated carbocycles. The maximum absolute atomic E-state index is 11.0. The maximum Gasteiger partial charge on any atom is 0.287 e. The fourth-order valence-corrected chi connectivity index (χ4v) is 3.07. The van der Waals surface area contributed by atoms with Gasteiger partial charge in [0.2, 0.25) is 12.8 Å². The molecule has 12 nitrogen and oxygen atoms in total. The van der Waals surface area contributed by atoms with Gasteiger partial charge in [-0.3, -0.25) is 14.4 Å². The van der Waals surface area contributed by atoms with Crippen LogP contribution >= 0.6 is 23.2 Å². The van der Waals surface area contributed by atoms with E-state index in [9.17, 15) is 24.6 Å². The molecule has 202 valence electrons. The third-order valence-corrected chi connectivity index (χ3v) is 5.13. The van der Waals surface area contributed by atoms with E-state index < -0.39 is 0 Å². The van der Waals surface area contributed by atoms with Crippen molar-refractivity contribution >= 4 is 47.0 Å². The van der Waals surface area contributed by atoms with Crippen LogP contribution in [0.5, 0.6) is 23.0 Å². The molecule has 4 aromatic rings. The SMILES string of the molecule is O=CNOc1ccc(CCl)cc1O.O=CNOc1ccc(CO)cc1O.O=c1[nH]oc2cc(CCl)ccc12. The van der Waals surface area contributed by atoms with Crippen molar-refractivity contribution < 1.29 is 39.1 Å². The average Bonchev–Trinajstić information content (AvgIpc) is 3.32. The Morgan fingerprint density at radius 2 is 1.32 bits per heavy atom. The first-order valence-corrected chi connectivity index (χ1v) is 11.6. The summed E-state index contributed by atoms with van der Waals surface area (Å²) in [5, 5.41) is 30.1. The number of amides is 2. The fraction of sp³-hybridized carbons (Fsp3) is 0.125. The van der Waals surface area contributed by atoms with Crippen molar-refractivity contribution in [1.82, 2.24) is 16.1 Å². The number of H-pyrrole nitrogens is 1. The highest BCUT2D eigenvalue weighted by molar-refractivity contribution is 6.17. The van der Waals surface area contributed by atoms with E-state index in [-0.39, 0.29) is 35.2 Å². The smallest absolute Gasteiger partial charge is 0.287 e. The molecule has 0 atom stereocenters. The number of aliphatic hydroxyl groups is 1. The van der Waals surface area contributed by atoms with Crippen LogP contribution in [0.1, 0.15) is 16.7 Å². The zero-order valence-corrected chi connectivity index (χ0v) is 21.0. The number of benzene rings is 3. The van der Waals surface area contributed by atoms with E-state index in [0.29, 0.717) is 41.1 Å². The van der Waals surface area contributed by atoms with Gasteiger partial charge < -0.3 is 29.5 Å². The van der Waals surface area contributed by atoms with Gasteiger partial charge in [0, 0.05) is 11.8 Å². The summed E-state index contributed by atoms with van der Waals surface area (Å²) in [6, 6.07) is 14.3. The number of carbonyl (C=O) groups is 2. The molecule has 1 heterocycles. The molecule has 0 radical (unpaired) electrons. The van der Waals surface area contributed by atoms with Crippen LogP contribution in [0.15, 0.2) is 63.9 Å². The topological polar surface area (TPSA) is 183 Å². The van der Waals surface area contributed by atoms with E-state index in [1.54, 1.807) is 30.3 Å². The molecule has 0 saturated heterocycles. The predicted molar refractivity (Wildman–Crippen MR) is 138 cm³/mol. The van der Waals surface area contributed by atoms with Gasteiger partial charge in [0.05, 0.1) is 12.0 Å². The molecule has 2 amide bonds. The highest BCUT2D eigenvalue weighted by Gasteiger charge is 2.04.